The van der Waals surface area contributed by atoms with Gasteiger partial charge >= 0.3 is 0 Å². The van der Waals surface area contributed by atoms with Crippen LogP contribution in [0.2, 0.25) is 0 Å². The highest BCUT2D eigenvalue weighted by Gasteiger charge is 2.27. The molecule has 0 aromatic heterocycles. The van der Waals surface area contributed by atoms with Gasteiger partial charge in [-0.15, -0.1) is 0 Å². The summed E-state index contributed by atoms with van der Waals surface area (Å²) in [5.74, 6) is 0.725. The second kappa shape index (κ2) is 5.13. The monoisotopic (exact) mass is 199 g/mol. The molecule has 2 heteroatoms. The zero-order valence-corrected chi connectivity index (χ0v) is 10.1. The fraction of sp³-hybridized carbons (Fsp3) is 1.00. The Morgan fingerprint density at radius 2 is 2.00 bits per heavy atom. The molecule has 1 aliphatic rings. The van der Waals surface area contributed by atoms with Crippen molar-refractivity contribution < 1.29 is 4.74 Å². The van der Waals surface area contributed by atoms with Gasteiger partial charge in [0.15, 0.2) is 0 Å². The molecule has 2 nitrogen and oxygen atoms in total. The van der Waals surface area contributed by atoms with E-state index in [0.29, 0.717) is 5.41 Å². The van der Waals surface area contributed by atoms with Crippen LogP contribution >= 0.6 is 0 Å². The Bertz CT molecular complexity index is 158. The van der Waals surface area contributed by atoms with E-state index in [0.717, 1.165) is 25.1 Å². The molecule has 0 aromatic rings. The molecule has 0 amide bonds. The maximum Gasteiger partial charge on any atom is 0.0465 e. The zero-order valence-electron chi connectivity index (χ0n) is 10.1. The van der Waals surface area contributed by atoms with Crippen LogP contribution in [-0.4, -0.2) is 26.3 Å². The van der Waals surface area contributed by atoms with E-state index < -0.39 is 0 Å². The summed E-state index contributed by atoms with van der Waals surface area (Å²) in [5, 5.41) is 3.62. The Labute approximate surface area is 88.4 Å². The molecule has 0 spiro atoms. The Kier molecular flexibility index (Phi) is 4.39. The van der Waals surface area contributed by atoms with Crippen LogP contribution in [0.1, 0.15) is 40.0 Å². The zero-order chi connectivity index (χ0) is 10.6. The van der Waals surface area contributed by atoms with Gasteiger partial charge in [0.25, 0.3) is 0 Å². The van der Waals surface area contributed by atoms with Crippen molar-refractivity contribution in [1.29, 1.82) is 0 Å². The first-order chi connectivity index (χ1) is 6.54. The average molecular weight is 199 g/mol. The number of hydrogen-bond donors (Lipinski definition) is 1. The van der Waals surface area contributed by atoms with E-state index in [1.165, 1.54) is 19.3 Å². The Morgan fingerprint density at radius 1 is 1.36 bits per heavy atom. The summed E-state index contributed by atoms with van der Waals surface area (Å²) < 4.78 is 5.16. The first-order valence-electron chi connectivity index (χ1n) is 5.76. The van der Waals surface area contributed by atoms with E-state index in [9.17, 15) is 0 Å². The van der Waals surface area contributed by atoms with Crippen LogP contribution in [0.15, 0.2) is 0 Å². The molecular weight excluding hydrogens is 174 g/mol. The highest BCUT2D eigenvalue weighted by atomic mass is 16.5. The van der Waals surface area contributed by atoms with E-state index in [-0.39, 0.29) is 0 Å². The maximum absolute atomic E-state index is 5.16. The second-order valence-electron chi connectivity index (χ2n) is 5.53. The molecule has 84 valence electrons. The molecule has 1 saturated carbocycles. The molecule has 1 aliphatic carbocycles. The lowest BCUT2D eigenvalue weighted by molar-refractivity contribution is 0.134. The molecule has 1 atom stereocenters. The summed E-state index contributed by atoms with van der Waals surface area (Å²) in [4.78, 5) is 0. The fourth-order valence-electron chi connectivity index (χ4n) is 1.70. The van der Waals surface area contributed by atoms with Gasteiger partial charge < -0.3 is 10.1 Å². The van der Waals surface area contributed by atoms with Crippen LogP contribution in [0.4, 0.5) is 0 Å². The Morgan fingerprint density at radius 3 is 2.43 bits per heavy atom. The van der Waals surface area contributed by atoms with Crippen molar-refractivity contribution in [3.05, 3.63) is 0 Å². The lowest BCUT2D eigenvalue weighted by Gasteiger charge is -2.31. The van der Waals surface area contributed by atoms with Gasteiger partial charge in [-0.05, 0) is 37.1 Å². The van der Waals surface area contributed by atoms with Gasteiger partial charge in [-0.2, -0.15) is 0 Å². The highest BCUT2D eigenvalue weighted by Crippen LogP contribution is 2.29. The first-order valence-corrected chi connectivity index (χ1v) is 5.76. The molecule has 0 aromatic carbocycles. The number of methoxy groups -OCH3 is 1. The van der Waals surface area contributed by atoms with Crippen LogP contribution in [-0.2, 0) is 4.74 Å². The lowest BCUT2D eigenvalue weighted by atomic mass is 9.79. The third-order valence-corrected chi connectivity index (χ3v) is 3.13. The average Bonchev–Trinajstić information content (AvgIpc) is 2.85. The summed E-state index contributed by atoms with van der Waals surface area (Å²) in [6.45, 7) is 9.00. The van der Waals surface area contributed by atoms with Crippen molar-refractivity contribution in [2.24, 2.45) is 11.3 Å². The molecule has 1 fully saturated rings. The minimum absolute atomic E-state index is 0.389. The number of ether oxygens (including phenoxy) is 1. The quantitative estimate of drug-likeness (QED) is 0.709. The molecular formula is C12H25NO. The molecule has 1 unspecified atom stereocenters. The molecule has 0 radical (unpaired) electrons. The van der Waals surface area contributed by atoms with E-state index in [2.05, 4.69) is 26.1 Å². The minimum atomic E-state index is 0.389. The molecule has 0 aliphatic heterocycles. The van der Waals surface area contributed by atoms with Crippen LogP contribution in [0.25, 0.3) is 0 Å². The van der Waals surface area contributed by atoms with E-state index in [1.807, 2.05) is 0 Å². The molecule has 0 bridgehead atoms. The summed E-state index contributed by atoms with van der Waals surface area (Å²) in [5.41, 5.74) is 0.389. The summed E-state index contributed by atoms with van der Waals surface area (Å²) in [6, 6.07) is 0.822. The smallest absolute Gasteiger partial charge is 0.0465 e. The van der Waals surface area contributed by atoms with Crippen molar-refractivity contribution in [2.45, 2.75) is 46.1 Å². The molecule has 0 saturated heterocycles. The van der Waals surface area contributed by atoms with E-state index in [1.54, 1.807) is 7.11 Å². The standard InChI is InChI=1S/C12H25NO/c1-12(2,3)10(7-8-14-4)9-13-11-5-6-11/h10-11,13H,5-9H2,1-4H3. The van der Waals surface area contributed by atoms with Gasteiger partial charge in [-0.3, -0.25) is 0 Å². The third-order valence-electron chi connectivity index (χ3n) is 3.13. The van der Waals surface area contributed by atoms with Gasteiger partial charge in [0.2, 0.25) is 0 Å². The van der Waals surface area contributed by atoms with Crippen molar-refractivity contribution in [3.8, 4) is 0 Å². The van der Waals surface area contributed by atoms with Crippen molar-refractivity contribution in [2.75, 3.05) is 20.3 Å². The third kappa shape index (κ3) is 4.43. The van der Waals surface area contributed by atoms with Gasteiger partial charge in [-0.25, -0.2) is 0 Å². The molecule has 1 rings (SSSR count). The summed E-state index contributed by atoms with van der Waals surface area (Å²) in [7, 11) is 1.79. The maximum atomic E-state index is 5.16. The number of hydrogen-bond acceptors (Lipinski definition) is 2. The predicted molar refractivity (Wildman–Crippen MR) is 60.5 cm³/mol. The molecule has 1 N–H and O–H groups in total. The van der Waals surface area contributed by atoms with E-state index in [4.69, 9.17) is 4.74 Å². The van der Waals surface area contributed by atoms with Crippen LogP contribution < -0.4 is 5.32 Å². The van der Waals surface area contributed by atoms with E-state index >= 15 is 0 Å². The van der Waals surface area contributed by atoms with Gasteiger partial charge in [0.05, 0.1) is 0 Å². The van der Waals surface area contributed by atoms with Crippen LogP contribution in [0.5, 0.6) is 0 Å². The topological polar surface area (TPSA) is 21.3 Å². The Balaban J connectivity index is 2.26. The Hall–Kier alpha value is -0.0800. The highest BCUT2D eigenvalue weighted by molar-refractivity contribution is 4.84. The normalized spacial score (nSPS) is 19.7. The van der Waals surface area contributed by atoms with Crippen molar-refractivity contribution >= 4 is 0 Å². The van der Waals surface area contributed by atoms with Gasteiger partial charge in [0.1, 0.15) is 0 Å². The summed E-state index contributed by atoms with van der Waals surface area (Å²) >= 11 is 0. The second-order valence-corrected chi connectivity index (χ2v) is 5.53. The fourth-order valence-corrected chi connectivity index (χ4v) is 1.70. The van der Waals surface area contributed by atoms with Crippen LogP contribution in [0.3, 0.4) is 0 Å². The lowest BCUT2D eigenvalue weighted by Crippen LogP contribution is -2.33. The predicted octanol–water partition coefficient (Wildman–Crippen LogP) is 2.44. The number of nitrogens with one attached hydrogen (secondary N) is 1. The molecule has 0 heterocycles. The minimum Gasteiger partial charge on any atom is -0.385 e. The van der Waals surface area contributed by atoms with Gasteiger partial charge in [0, 0.05) is 19.8 Å². The molecule has 14 heavy (non-hydrogen) atoms. The SMILES string of the molecule is COCCC(CNC1CC1)C(C)(C)C. The summed E-state index contributed by atoms with van der Waals surface area (Å²) in [6.07, 6.45) is 3.92. The largest absolute Gasteiger partial charge is 0.385 e. The number of rotatable bonds is 6. The van der Waals surface area contributed by atoms with Crippen LogP contribution in [0, 0.1) is 11.3 Å². The first kappa shape index (κ1) is 12.0. The van der Waals surface area contributed by atoms with Gasteiger partial charge in [-0.1, -0.05) is 20.8 Å². The van der Waals surface area contributed by atoms with Crippen molar-refractivity contribution in [3.63, 3.8) is 0 Å². The van der Waals surface area contributed by atoms with Crippen molar-refractivity contribution in [1.82, 2.24) is 5.32 Å².